The Morgan fingerprint density at radius 2 is 2.12 bits per heavy atom. The third kappa shape index (κ3) is 1.62. The summed E-state index contributed by atoms with van der Waals surface area (Å²) in [6, 6.07) is 9.57. The highest BCUT2D eigenvalue weighted by molar-refractivity contribution is 5.85. The van der Waals surface area contributed by atoms with Gasteiger partial charge in [-0.05, 0) is 36.9 Å². The number of aryl methyl sites for hydroxylation is 1. The molecule has 16 heavy (non-hydrogen) atoms. The number of nitrogens with zero attached hydrogens (tertiary/aromatic N) is 1. The summed E-state index contributed by atoms with van der Waals surface area (Å²) in [5.74, 6) is 0. The van der Waals surface area contributed by atoms with Crippen LogP contribution in [0.4, 0.5) is 0 Å². The van der Waals surface area contributed by atoms with E-state index in [1.165, 1.54) is 22.2 Å². The number of aromatic nitrogens is 1. The number of benzene rings is 1. The SMILES string of the molecule is Cc1ccc2cc3n(c2c1)[C@H](C)CNC3.Cl. The van der Waals surface area contributed by atoms with Crippen LogP contribution in [-0.4, -0.2) is 11.1 Å². The minimum atomic E-state index is 0. The van der Waals surface area contributed by atoms with Gasteiger partial charge in [0.1, 0.15) is 0 Å². The van der Waals surface area contributed by atoms with Gasteiger partial charge in [0.25, 0.3) is 0 Å². The molecule has 0 fully saturated rings. The van der Waals surface area contributed by atoms with Crippen molar-refractivity contribution in [3.05, 3.63) is 35.5 Å². The number of fused-ring (bicyclic) bond motifs is 3. The Kier molecular flexibility index (Phi) is 2.96. The minimum absolute atomic E-state index is 0. The summed E-state index contributed by atoms with van der Waals surface area (Å²) < 4.78 is 2.47. The Hall–Kier alpha value is -0.990. The van der Waals surface area contributed by atoms with Gasteiger partial charge in [-0.15, -0.1) is 12.4 Å². The fourth-order valence-corrected chi connectivity index (χ4v) is 2.55. The predicted octanol–water partition coefficient (Wildman–Crippen LogP) is 3.04. The number of nitrogens with one attached hydrogen (secondary N) is 1. The lowest BCUT2D eigenvalue weighted by Gasteiger charge is -2.24. The number of hydrogen-bond acceptors (Lipinski definition) is 1. The number of hydrogen-bond donors (Lipinski definition) is 1. The van der Waals surface area contributed by atoms with E-state index in [0.717, 1.165) is 13.1 Å². The minimum Gasteiger partial charge on any atom is -0.339 e. The maximum atomic E-state index is 3.45. The van der Waals surface area contributed by atoms with E-state index < -0.39 is 0 Å². The monoisotopic (exact) mass is 236 g/mol. The van der Waals surface area contributed by atoms with Crippen LogP contribution in [0, 0.1) is 6.92 Å². The normalized spacial score (nSPS) is 19.2. The van der Waals surface area contributed by atoms with E-state index in [1.54, 1.807) is 0 Å². The Bertz CT molecular complexity index is 516. The molecule has 0 unspecified atom stereocenters. The molecule has 0 spiro atoms. The summed E-state index contributed by atoms with van der Waals surface area (Å²) in [6.45, 7) is 6.51. The molecular weight excluding hydrogens is 220 g/mol. The molecule has 0 radical (unpaired) electrons. The molecule has 2 nitrogen and oxygen atoms in total. The van der Waals surface area contributed by atoms with Gasteiger partial charge in [-0.25, -0.2) is 0 Å². The summed E-state index contributed by atoms with van der Waals surface area (Å²) in [7, 11) is 0. The maximum Gasteiger partial charge on any atom is 0.0488 e. The number of halogens is 1. The first-order valence-corrected chi connectivity index (χ1v) is 5.57. The molecule has 1 aromatic heterocycles. The van der Waals surface area contributed by atoms with Crippen LogP contribution in [-0.2, 0) is 6.54 Å². The van der Waals surface area contributed by atoms with Crippen LogP contribution in [0.2, 0.25) is 0 Å². The highest BCUT2D eigenvalue weighted by Gasteiger charge is 2.17. The zero-order chi connectivity index (χ0) is 10.4. The van der Waals surface area contributed by atoms with Crippen molar-refractivity contribution >= 4 is 23.3 Å². The highest BCUT2D eigenvalue weighted by Crippen LogP contribution is 2.27. The van der Waals surface area contributed by atoms with Crippen molar-refractivity contribution in [3.63, 3.8) is 0 Å². The van der Waals surface area contributed by atoms with Gasteiger partial charge in [0.2, 0.25) is 0 Å². The van der Waals surface area contributed by atoms with Crippen molar-refractivity contribution < 1.29 is 0 Å². The van der Waals surface area contributed by atoms with Gasteiger partial charge in [0, 0.05) is 30.3 Å². The lowest BCUT2D eigenvalue weighted by atomic mass is 10.2. The van der Waals surface area contributed by atoms with Crippen molar-refractivity contribution in [2.75, 3.05) is 6.54 Å². The molecule has 3 heteroatoms. The van der Waals surface area contributed by atoms with E-state index in [-0.39, 0.29) is 12.4 Å². The summed E-state index contributed by atoms with van der Waals surface area (Å²) in [4.78, 5) is 0. The van der Waals surface area contributed by atoms with Crippen LogP contribution in [0.25, 0.3) is 10.9 Å². The van der Waals surface area contributed by atoms with Gasteiger partial charge >= 0.3 is 0 Å². The topological polar surface area (TPSA) is 17.0 Å². The largest absolute Gasteiger partial charge is 0.339 e. The van der Waals surface area contributed by atoms with Gasteiger partial charge in [0.05, 0.1) is 0 Å². The molecule has 2 aromatic rings. The molecule has 0 aliphatic carbocycles. The van der Waals surface area contributed by atoms with Crippen molar-refractivity contribution in [2.45, 2.75) is 26.4 Å². The van der Waals surface area contributed by atoms with Crippen LogP contribution < -0.4 is 5.32 Å². The van der Waals surface area contributed by atoms with Crippen LogP contribution in [0.1, 0.15) is 24.2 Å². The lowest BCUT2D eigenvalue weighted by Crippen LogP contribution is -2.30. The zero-order valence-corrected chi connectivity index (χ0v) is 10.5. The fraction of sp³-hybridized carbons (Fsp3) is 0.385. The Morgan fingerprint density at radius 1 is 1.31 bits per heavy atom. The molecule has 0 saturated heterocycles. The molecule has 2 heterocycles. The summed E-state index contributed by atoms with van der Waals surface area (Å²) in [5.41, 5.74) is 4.14. The second-order valence-corrected chi connectivity index (χ2v) is 4.55. The van der Waals surface area contributed by atoms with E-state index in [9.17, 15) is 0 Å². The van der Waals surface area contributed by atoms with Gasteiger partial charge in [0.15, 0.2) is 0 Å². The standard InChI is InChI=1S/C13H16N2.ClH/c1-9-3-4-11-6-12-8-14-7-10(2)15(12)13(11)5-9;/h3-6,10,14H,7-8H2,1-2H3;1H/t10-;/m1./s1. The van der Waals surface area contributed by atoms with Crippen molar-refractivity contribution in [2.24, 2.45) is 0 Å². The van der Waals surface area contributed by atoms with Crippen LogP contribution in [0.15, 0.2) is 24.3 Å². The third-order valence-corrected chi connectivity index (χ3v) is 3.26. The molecule has 1 atom stereocenters. The van der Waals surface area contributed by atoms with E-state index in [2.05, 4.69) is 48.0 Å². The smallest absolute Gasteiger partial charge is 0.0488 e. The third-order valence-electron chi connectivity index (χ3n) is 3.26. The van der Waals surface area contributed by atoms with E-state index in [1.807, 2.05) is 0 Å². The van der Waals surface area contributed by atoms with Crippen LogP contribution in [0.3, 0.4) is 0 Å². The molecule has 0 bridgehead atoms. The summed E-state index contributed by atoms with van der Waals surface area (Å²) in [5, 5.41) is 4.81. The molecule has 3 rings (SSSR count). The van der Waals surface area contributed by atoms with E-state index >= 15 is 0 Å². The van der Waals surface area contributed by atoms with E-state index in [0.29, 0.717) is 6.04 Å². The highest BCUT2D eigenvalue weighted by atomic mass is 35.5. The Balaban J connectivity index is 0.000000963. The average Bonchev–Trinajstić information content (AvgIpc) is 2.57. The molecular formula is C13H17ClN2. The first-order chi connectivity index (χ1) is 7.25. The Morgan fingerprint density at radius 3 is 2.94 bits per heavy atom. The molecule has 0 saturated carbocycles. The predicted molar refractivity (Wildman–Crippen MR) is 70.3 cm³/mol. The zero-order valence-electron chi connectivity index (χ0n) is 9.66. The van der Waals surface area contributed by atoms with Crippen molar-refractivity contribution in [3.8, 4) is 0 Å². The van der Waals surface area contributed by atoms with Crippen LogP contribution in [0.5, 0.6) is 0 Å². The Labute approximate surface area is 102 Å². The summed E-state index contributed by atoms with van der Waals surface area (Å²) in [6.07, 6.45) is 0. The first-order valence-electron chi connectivity index (χ1n) is 5.57. The maximum absolute atomic E-state index is 3.45. The molecule has 1 aliphatic rings. The molecule has 0 amide bonds. The van der Waals surface area contributed by atoms with Gasteiger partial charge < -0.3 is 9.88 Å². The fourth-order valence-electron chi connectivity index (χ4n) is 2.55. The van der Waals surface area contributed by atoms with E-state index in [4.69, 9.17) is 0 Å². The quantitative estimate of drug-likeness (QED) is 0.744. The number of rotatable bonds is 0. The first kappa shape index (κ1) is 11.5. The van der Waals surface area contributed by atoms with Gasteiger partial charge in [-0.3, -0.25) is 0 Å². The average molecular weight is 237 g/mol. The van der Waals surface area contributed by atoms with Gasteiger partial charge in [-0.2, -0.15) is 0 Å². The summed E-state index contributed by atoms with van der Waals surface area (Å²) >= 11 is 0. The molecule has 1 N–H and O–H groups in total. The van der Waals surface area contributed by atoms with Crippen LogP contribution >= 0.6 is 12.4 Å². The molecule has 86 valence electrons. The molecule has 1 aromatic carbocycles. The van der Waals surface area contributed by atoms with Crippen molar-refractivity contribution in [1.82, 2.24) is 9.88 Å². The van der Waals surface area contributed by atoms with Crippen molar-refractivity contribution in [1.29, 1.82) is 0 Å². The second-order valence-electron chi connectivity index (χ2n) is 4.55. The lowest BCUT2D eigenvalue weighted by molar-refractivity contribution is 0.439. The second kappa shape index (κ2) is 4.11. The van der Waals surface area contributed by atoms with Gasteiger partial charge in [-0.1, -0.05) is 12.1 Å². The molecule has 1 aliphatic heterocycles.